The van der Waals surface area contributed by atoms with E-state index in [-0.39, 0.29) is 6.04 Å². The van der Waals surface area contributed by atoms with E-state index in [0.29, 0.717) is 0 Å². The zero-order chi connectivity index (χ0) is 10.5. The van der Waals surface area contributed by atoms with Gasteiger partial charge >= 0.3 is 0 Å². The van der Waals surface area contributed by atoms with Gasteiger partial charge in [0.15, 0.2) is 0 Å². The topological polar surface area (TPSA) is 24.9 Å². The maximum Gasteiger partial charge on any atom is 0.0657 e. The molecule has 0 aliphatic rings. The molecule has 1 unspecified atom stereocenters. The minimum Gasteiger partial charge on any atom is -0.377 e. The van der Waals surface area contributed by atoms with E-state index in [1.165, 1.54) is 0 Å². The van der Waals surface area contributed by atoms with E-state index in [4.69, 9.17) is 0 Å². The Bertz CT molecular complexity index is 397. The number of pyridine rings is 1. The molecule has 1 atom stereocenters. The van der Waals surface area contributed by atoms with Crippen molar-refractivity contribution in [2.45, 2.75) is 13.0 Å². The first-order valence-corrected chi connectivity index (χ1v) is 5.09. The monoisotopic (exact) mass is 198 g/mol. The van der Waals surface area contributed by atoms with Crippen LogP contribution in [0.3, 0.4) is 0 Å². The summed E-state index contributed by atoms with van der Waals surface area (Å²) in [4.78, 5) is 4.31. The Hall–Kier alpha value is -1.83. The Kier molecular flexibility index (Phi) is 2.98. The predicted molar refractivity (Wildman–Crippen MR) is 62.7 cm³/mol. The zero-order valence-electron chi connectivity index (χ0n) is 8.72. The summed E-state index contributed by atoms with van der Waals surface area (Å²) in [5, 5.41) is 3.40. The zero-order valence-corrected chi connectivity index (χ0v) is 8.72. The molecule has 2 nitrogen and oxygen atoms in total. The molecular weight excluding hydrogens is 184 g/mol. The highest BCUT2D eigenvalue weighted by atomic mass is 14.9. The van der Waals surface area contributed by atoms with Crippen LogP contribution in [0.1, 0.15) is 18.7 Å². The molecule has 15 heavy (non-hydrogen) atoms. The van der Waals surface area contributed by atoms with Gasteiger partial charge in [-0.15, -0.1) is 0 Å². The summed E-state index contributed by atoms with van der Waals surface area (Å²) < 4.78 is 0. The van der Waals surface area contributed by atoms with Crippen molar-refractivity contribution < 1.29 is 0 Å². The summed E-state index contributed by atoms with van der Waals surface area (Å²) in [6.45, 7) is 2.11. The van der Waals surface area contributed by atoms with Gasteiger partial charge in [0.1, 0.15) is 0 Å². The van der Waals surface area contributed by atoms with E-state index in [2.05, 4.69) is 29.4 Å². The molecular formula is C13H14N2. The molecule has 2 rings (SSSR count). The van der Waals surface area contributed by atoms with Crippen LogP contribution in [-0.4, -0.2) is 4.98 Å². The van der Waals surface area contributed by atoms with Gasteiger partial charge in [0, 0.05) is 11.9 Å². The molecule has 0 fully saturated rings. The lowest BCUT2D eigenvalue weighted by Gasteiger charge is -2.14. The van der Waals surface area contributed by atoms with Crippen LogP contribution in [0.25, 0.3) is 0 Å². The van der Waals surface area contributed by atoms with Gasteiger partial charge in [-0.1, -0.05) is 24.3 Å². The van der Waals surface area contributed by atoms with Crippen molar-refractivity contribution in [3.63, 3.8) is 0 Å². The lowest BCUT2D eigenvalue weighted by atomic mass is 10.2. The Morgan fingerprint density at radius 1 is 1.00 bits per heavy atom. The van der Waals surface area contributed by atoms with E-state index >= 15 is 0 Å². The largest absolute Gasteiger partial charge is 0.377 e. The van der Waals surface area contributed by atoms with Crippen molar-refractivity contribution in [2.75, 3.05) is 5.32 Å². The second kappa shape index (κ2) is 4.60. The second-order valence-electron chi connectivity index (χ2n) is 3.49. The summed E-state index contributed by atoms with van der Waals surface area (Å²) in [5.41, 5.74) is 2.18. The minimum atomic E-state index is 0.230. The van der Waals surface area contributed by atoms with Gasteiger partial charge < -0.3 is 5.32 Å². The van der Waals surface area contributed by atoms with Crippen molar-refractivity contribution in [2.24, 2.45) is 0 Å². The molecule has 0 saturated carbocycles. The molecule has 1 aromatic heterocycles. The SMILES string of the molecule is CC(Nc1ccccc1)c1ccccn1. The smallest absolute Gasteiger partial charge is 0.0657 e. The fourth-order valence-electron chi connectivity index (χ4n) is 1.49. The Morgan fingerprint density at radius 3 is 2.40 bits per heavy atom. The first-order valence-electron chi connectivity index (χ1n) is 5.09. The van der Waals surface area contributed by atoms with Gasteiger partial charge in [-0.3, -0.25) is 4.98 Å². The van der Waals surface area contributed by atoms with E-state index < -0.39 is 0 Å². The second-order valence-corrected chi connectivity index (χ2v) is 3.49. The maximum atomic E-state index is 4.31. The highest BCUT2D eigenvalue weighted by Crippen LogP contribution is 2.16. The number of rotatable bonds is 3. The molecule has 76 valence electrons. The van der Waals surface area contributed by atoms with Crippen LogP contribution in [0.15, 0.2) is 54.7 Å². The fourth-order valence-corrected chi connectivity index (χ4v) is 1.49. The van der Waals surface area contributed by atoms with Gasteiger partial charge in [0.25, 0.3) is 0 Å². The molecule has 1 aromatic carbocycles. The normalized spacial score (nSPS) is 12.1. The molecule has 0 aliphatic heterocycles. The summed E-state index contributed by atoms with van der Waals surface area (Å²) in [7, 11) is 0. The number of benzene rings is 1. The van der Waals surface area contributed by atoms with Crippen LogP contribution >= 0.6 is 0 Å². The molecule has 1 heterocycles. The third-order valence-corrected chi connectivity index (χ3v) is 2.29. The average molecular weight is 198 g/mol. The summed E-state index contributed by atoms with van der Waals surface area (Å²) in [6.07, 6.45) is 1.82. The standard InChI is InChI=1S/C13H14N2/c1-11(13-9-5-6-10-14-13)15-12-7-3-2-4-8-12/h2-11,15H,1H3. The van der Waals surface area contributed by atoms with E-state index in [9.17, 15) is 0 Å². The number of hydrogen-bond donors (Lipinski definition) is 1. The number of anilines is 1. The molecule has 0 amide bonds. The molecule has 1 N–H and O–H groups in total. The molecule has 2 aromatic rings. The lowest BCUT2D eigenvalue weighted by Crippen LogP contribution is -2.07. The van der Waals surface area contributed by atoms with E-state index in [1.807, 2.05) is 42.6 Å². The Morgan fingerprint density at radius 2 is 1.73 bits per heavy atom. The highest BCUT2D eigenvalue weighted by Gasteiger charge is 2.04. The average Bonchev–Trinajstić information content (AvgIpc) is 2.31. The molecule has 0 spiro atoms. The predicted octanol–water partition coefficient (Wildman–Crippen LogP) is 3.25. The molecule has 0 radical (unpaired) electrons. The molecule has 0 bridgehead atoms. The number of nitrogens with one attached hydrogen (secondary N) is 1. The minimum absolute atomic E-state index is 0.230. The van der Waals surface area contributed by atoms with Crippen LogP contribution in [0.5, 0.6) is 0 Å². The van der Waals surface area contributed by atoms with Gasteiger partial charge in [-0.05, 0) is 31.2 Å². The Balaban J connectivity index is 2.08. The lowest BCUT2D eigenvalue weighted by molar-refractivity contribution is 0.839. The van der Waals surface area contributed by atoms with Crippen molar-refractivity contribution >= 4 is 5.69 Å². The van der Waals surface area contributed by atoms with E-state index in [0.717, 1.165) is 11.4 Å². The summed E-state index contributed by atoms with van der Waals surface area (Å²) in [5.74, 6) is 0. The Labute approximate surface area is 90.0 Å². The van der Waals surface area contributed by atoms with Crippen molar-refractivity contribution in [3.05, 3.63) is 60.4 Å². The number of para-hydroxylation sites is 1. The number of aromatic nitrogens is 1. The van der Waals surface area contributed by atoms with Gasteiger partial charge in [0.05, 0.1) is 11.7 Å². The summed E-state index contributed by atoms with van der Waals surface area (Å²) in [6, 6.07) is 16.4. The van der Waals surface area contributed by atoms with Crippen LogP contribution in [0.4, 0.5) is 5.69 Å². The van der Waals surface area contributed by atoms with Crippen LogP contribution in [0.2, 0.25) is 0 Å². The first-order chi connectivity index (χ1) is 7.36. The highest BCUT2D eigenvalue weighted by molar-refractivity contribution is 5.44. The van der Waals surface area contributed by atoms with Crippen molar-refractivity contribution in [1.82, 2.24) is 4.98 Å². The van der Waals surface area contributed by atoms with Crippen molar-refractivity contribution in [1.29, 1.82) is 0 Å². The van der Waals surface area contributed by atoms with Gasteiger partial charge in [-0.2, -0.15) is 0 Å². The van der Waals surface area contributed by atoms with Gasteiger partial charge in [-0.25, -0.2) is 0 Å². The third-order valence-electron chi connectivity index (χ3n) is 2.29. The molecule has 0 saturated heterocycles. The van der Waals surface area contributed by atoms with Crippen LogP contribution in [0, 0.1) is 0 Å². The fraction of sp³-hybridized carbons (Fsp3) is 0.154. The maximum absolute atomic E-state index is 4.31. The third kappa shape index (κ3) is 2.56. The van der Waals surface area contributed by atoms with Crippen molar-refractivity contribution in [3.8, 4) is 0 Å². The number of nitrogens with zero attached hydrogens (tertiary/aromatic N) is 1. The number of hydrogen-bond acceptors (Lipinski definition) is 2. The first kappa shape index (κ1) is 9.71. The van der Waals surface area contributed by atoms with E-state index in [1.54, 1.807) is 0 Å². The quantitative estimate of drug-likeness (QED) is 0.818. The molecule has 0 aliphatic carbocycles. The van der Waals surface area contributed by atoms with Gasteiger partial charge in [0.2, 0.25) is 0 Å². The van der Waals surface area contributed by atoms with Crippen LogP contribution in [-0.2, 0) is 0 Å². The summed E-state index contributed by atoms with van der Waals surface area (Å²) >= 11 is 0. The van der Waals surface area contributed by atoms with Crippen LogP contribution < -0.4 is 5.32 Å². The molecule has 2 heteroatoms.